The van der Waals surface area contributed by atoms with Crippen LogP contribution in [-0.4, -0.2) is 18.4 Å². The molecular formula is C3H5N5O2. The van der Waals surface area contributed by atoms with E-state index in [2.05, 4.69) is 20.0 Å². The van der Waals surface area contributed by atoms with E-state index in [9.17, 15) is 4.79 Å². The molecule has 1 unspecified atom stereocenters. The van der Waals surface area contributed by atoms with Gasteiger partial charge in [0.2, 0.25) is 5.96 Å². The van der Waals surface area contributed by atoms with E-state index in [4.69, 9.17) is 11.5 Å². The summed E-state index contributed by atoms with van der Waals surface area (Å²) >= 11 is 0. The normalized spacial score (nSPS) is 29.9. The number of nitrogens with zero attached hydrogens (tertiary/aromatic N) is 3. The van der Waals surface area contributed by atoms with Crippen molar-refractivity contribution in [3.05, 3.63) is 0 Å². The molecule has 0 aliphatic carbocycles. The van der Waals surface area contributed by atoms with Crippen molar-refractivity contribution in [2.45, 2.75) is 5.97 Å². The van der Waals surface area contributed by atoms with Crippen LogP contribution in [0.1, 0.15) is 0 Å². The lowest BCUT2D eigenvalue weighted by Gasteiger charge is -2.09. The van der Waals surface area contributed by atoms with Crippen LogP contribution in [0.5, 0.6) is 0 Å². The molecule has 54 valence electrons. The van der Waals surface area contributed by atoms with Crippen molar-refractivity contribution >= 4 is 12.4 Å². The molecule has 0 saturated heterocycles. The molecule has 10 heavy (non-hydrogen) atoms. The van der Waals surface area contributed by atoms with Gasteiger partial charge in [-0.05, 0) is 0 Å². The molecule has 4 N–H and O–H groups in total. The molecule has 1 heterocycles. The van der Waals surface area contributed by atoms with Gasteiger partial charge in [0, 0.05) is 0 Å². The molecule has 0 aromatic rings. The number of aliphatic imine (C=N–C) groups is 1. The van der Waals surface area contributed by atoms with Gasteiger partial charge in [-0.25, -0.2) is 0 Å². The van der Waals surface area contributed by atoms with Crippen molar-refractivity contribution in [3.63, 3.8) is 0 Å². The van der Waals surface area contributed by atoms with Crippen LogP contribution in [0.15, 0.2) is 15.2 Å². The van der Waals surface area contributed by atoms with Crippen LogP contribution in [0, 0.1) is 0 Å². The lowest BCUT2D eigenvalue weighted by atomic mass is 10.8. The molecule has 7 heteroatoms. The number of carbonyl (C=O) groups is 1. The first-order valence-electron chi connectivity index (χ1n) is 2.35. The zero-order valence-corrected chi connectivity index (χ0v) is 4.89. The minimum Gasteiger partial charge on any atom is -0.404 e. The maximum atomic E-state index is 9.76. The van der Waals surface area contributed by atoms with Crippen LogP contribution >= 0.6 is 0 Å². The number of hydrogen-bond donors (Lipinski definition) is 2. The van der Waals surface area contributed by atoms with Gasteiger partial charge >= 0.3 is 5.97 Å². The summed E-state index contributed by atoms with van der Waals surface area (Å²) in [6.07, 6.45) is 0. The highest BCUT2D eigenvalue weighted by Gasteiger charge is 2.29. The Morgan fingerprint density at radius 3 is 2.80 bits per heavy atom. The van der Waals surface area contributed by atoms with Gasteiger partial charge in [0.05, 0.1) is 0 Å². The molecule has 0 spiro atoms. The first kappa shape index (κ1) is 6.62. The first-order chi connectivity index (χ1) is 4.66. The summed E-state index contributed by atoms with van der Waals surface area (Å²) in [5.41, 5.74) is 10.2. The van der Waals surface area contributed by atoms with Gasteiger partial charge in [-0.2, -0.15) is 4.99 Å². The van der Waals surface area contributed by atoms with Crippen molar-refractivity contribution < 1.29 is 9.53 Å². The number of carbonyl (C=O) groups excluding carboxylic acids is 1. The second-order valence-electron chi connectivity index (χ2n) is 1.54. The summed E-state index contributed by atoms with van der Waals surface area (Å²) in [5.74, 6) is -1.84. The number of ether oxygens (including phenoxy) is 1. The average Bonchev–Trinajstić information content (AvgIpc) is 2.12. The van der Waals surface area contributed by atoms with Gasteiger partial charge in [-0.15, -0.1) is 5.11 Å². The van der Waals surface area contributed by atoms with E-state index < -0.39 is 5.97 Å². The number of nitrogens with two attached hydrogens (primary N) is 2. The van der Waals surface area contributed by atoms with Crippen molar-refractivity contribution in [2.24, 2.45) is 26.7 Å². The smallest absolute Gasteiger partial charge is 0.384 e. The Hall–Kier alpha value is -1.50. The third-order valence-electron chi connectivity index (χ3n) is 0.792. The van der Waals surface area contributed by atoms with E-state index >= 15 is 0 Å². The van der Waals surface area contributed by atoms with Crippen LogP contribution < -0.4 is 11.5 Å². The number of rotatable bonds is 2. The Kier molecular flexibility index (Phi) is 1.34. The summed E-state index contributed by atoms with van der Waals surface area (Å²) < 4.78 is 4.23. The summed E-state index contributed by atoms with van der Waals surface area (Å²) in [7, 11) is 0. The maximum absolute atomic E-state index is 9.76. The van der Waals surface area contributed by atoms with Gasteiger partial charge in [0.1, 0.15) is 0 Å². The highest BCUT2D eigenvalue weighted by atomic mass is 16.6. The predicted molar refractivity (Wildman–Crippen MR) is 30.5 cm³/mol. The summed E-state index contributed by atoms with van der Waals surface area (Å²) in [6, 6.07) is 0. The molecular weight excluding hydrogens is 138 g/mol. The van der Waals surface area contributed by atoms with Crippen LogP contribution in [0.3, 0.4) is 0 Å². The molecule has 1 rings (SSSR count). The van der Waals surface area contributed by atoms with E-state index in [-0.39, 0.29) is 12.4 Å². The Bertz CT molecular complexity index is 211. The molecule has 0 saturated carbocycles. The fourth-order valence-corrected chi connectivity index (χ4v) is 0.452. The topological polar surface area (TPSA) is 115 Å². The lowest BCUT2D eigenvalue weighted by Crippen LogP contribution is -2.37. The summed E-state index contributed by atoms with van der Waals surface area (Å²) in [5, 5.41) is 6.51. The third kappa shape index (κ3) is 1.08. The van der Waals surface area contributed by atoms with Crippen molar-refractivity contribution in [3.8, 4) is 0 Å². The SMILES string of the molecule is NC1=NC(N)(OC=O)N=N1. The second-order valence-corrected chi connectivity index (χ2v) is 1.54. The fourth-order valence-electron chi connectivity index (χ4n) is 0.452. The molecule has 0 radical (unpaired) electrons. The molecule has 0 bridgehead atoms. The van der Waals surface area contributed by atoms with Crippen molar-refractivity contribution in [2.75, 3.05) is 0 Å². The minimum absolute atomic E-state index is 0.107. The Morgan fingerprint density at radius 2 is 2.40 bits per heavy atom. The van der Waals surface area contributed by atoms with Crippen molar-refractivity contribution in [1.29, 1.82) is 0 Å². The van der Waals surface area contributed by atoms with E-state index in [1.165, 1.54) is 0 Å². The van der Waals surface area contributed by atoms with Crippen LogP contribution in [0.4, 0.5) is 0 Å². The number of guanidine groups is 1. The molecule has 7 nitrogen and oxygen atoms in total. The molecule has 1 aliphatic rings. The third-order valence-corrected chi connectivity index (χ3v) is 0.792. The summed E-state index contributed by atoms with van der Waals surface area (Å²) in [4.78, 5) is 13.2. The molecule has 1 atom stereocenters. The van der Waals surface area contributed by atoms with E-state index in [0.717, 1.165) is 0 Å². The number of hydrogen-bond acceptors (Lipinski definition) is 7. The fraction of sp³-hybridized carbons (Fsp3) is 0.333. The van der Waals surface area contributed by atoms with Crippen molar-refractivity contribution in [1.82, 2.24) is 0 Å². The Balaban J connectivity index is 2.73. The second kappa shape index (κ2) is 2.03. The van der Waals surface area contributed by atoms with E-state index in [1.807, 2.05) is 0 Å². The first-order valence-corrected chi connectivity index (χ1v) is 2.35. The average molecular weight is 143 g/mol. The van der Waals surface area contributed by atoms with Crippen LogP contribution in [0.25, 0.3) is 0 Å². The zero-order chi connectivity index (χ0) is 7.61. The van der Waals surface area contributed by atoms with Gasteiger partial charge < -0.3 is 10.5 Å². The number of azo groups is 1. The Morgan fingerprint density at radius 1 is 1.70 bits per heavy atom. The van der Waals surface area contributed by atoms with Crippen LogP contribution in [0.2, 0.25) is 0 Å². The van der Waals surface area contributed by atoms with E-state index in [1.54, 1.807) is 0 Å². The Labute approximate surface area is 55.8 Å². The highest BCUT2D eigenvalue weighted by molar-refractivity contribution is 5.79. The maximum Gasteiger partial charge on any atom is 0.384 e. The molecule has 1 aliphatic heterocycles. The molecule has 0 fully saturated rings. The largest absolute Gasteiger partial charge is 0.404 e. The lowest BCUT2D eigenvalue weighted by molar-refractivity contribution is -0.141. The van der Waals surface area contributed by atoms with Gasteiger partial charge in [-0.1, -0.05) is 5.11 Å². The van der Waals surface area contributed by atoms with Crippen LogP contribution in [-0.2, 0) is 9.53 Å². The summed E-state index contributed by atoms with van der Waals surface area (Å²) in [6.45, 7) is 0.126. The van der Waals surface area contributed by atoms with Gasteiger partial charge in [-0.3, -0.25) is 10.5 Å². The standard InChI is InChI=1S/C3H5N5O2/c4-2-6-3(5,8-7-2)10-1-9/h1H,5H2,(H2,4,6). The van der Waals surface area contributed by atoms with Gasteiger partial charge in [0.25, 0.3) is 6.47 Å². The quantitative estimate of drug-likeness (QED) is 0.361. The molecule has 0 aromatic heterocycles. The molecule has 0 aromatic carbocycles. The van der Waals surface area contributed by atoms with Gasteiger partial charge in [0.15, 0.2) is 0 Å². The zero-order valence-electron chi connectivity index (χ0n) is 4.89. The molecule has 0 amide bonds. The predicted octanol–water partition coefficient (Wildman–Crippen LogP) is -1.49. The highest BCUT2D eigenvalue weighted by Crippen LogP contribution is 2.11. The van der Waals surface area contributed by atoms with E-state index in [0.29, 0.717) is 0 Å². The monoisotopic (exact) mass is 143 g/mol. The minimum atomic E-state index is -1.73.